The Hall–Kier alpha value is -2.62. The van der Waals surface area contributed by atoms with E-state index in [0.29, 0.717) is 11.1 Å². The first kappa shape index (κ1) is 19.7. The highest BCUT2D eigenvalue weighted by Crippen LogP contribution is 2.20. The summed E-state index contributed by atoms with van der Waals surface area (Å²) in [5, 5.41) is 1.42. The van der Waals surface area contributed by atoms with Gasteiger partial charge in [0, 0.05) is 11.1 Å². The van der Waals surface area contributed by atoms with Gasteiger partial charge in [-0.2, -0.15) is 0 Å². The molecule has 2 aromatic rings. The van der Waals surface area contributed by atoms with E-state index >= 15 is 0 Å². The van der Waals surface area contributed by atoms with Crippen molar-refractivity contribution < 1.29 is 9.59 Å². The maximum atomic E-state index is 13.1. The summed E-state index contributed by atoms with van der Waals surface area (Å²) in [4.78, 5) is 25.8. The highest BCUT2D eigenvalue weighted by molar-refractivity contribution is 6.00. The van der Waals surface area contributed by atoms with Gasteiger partial charge < -0.3 is 0 Å². The summed E-state index contributed by atoms with van der Waals surface area (Å²) in [5.41, 5.74) is 6.51. The van der Waals surface area contributed by atoms with Crippen LogP contribution in [0.3, 0.4) is 0 Å². The molecule has 0 heterocycles. The lowest BCUT2D eigenvalue weighted by Gasteiger charge is -2.36. The molecule has 0 fully saturated rings. The van der Waals surface area contributed by atoms with Gasteiger partial charge in [0.1, 0.15) is 0 Å². The highest BCUT2D eigenvalue weighted by Gasteiger charge is 2.30. The molecule has 2 amide bonds. The summed E-state index contributed by atoms with van der Waals surface area (Å²) in [6.07, 6.45) is 0.918. The number of rotatable bonds is 3. The van der Waals surface area contributed by atoms with Gasteiger partial charge in [-0.05, 0) is 75.9 Å². The Balaban J connectivity index is 2.31. The summed E-state index contributed by atoms with van der Waals surface area (Å²) < 4.78 is 0. The average molecular weight is 352 g/mol. The molecule has 2 rings (SSSR count). The minimum atomic E-state index is -0.563. The van der Waals surface area contributed by atoms with Crippen LogP contribution in [0.4, 0.5) is 0 Å². The molecule has 0 unspecified atom stereocenters. The Kier molecular flexibility index (Phi) is 5.86. The molecule has 0 radical (unpaired) electrons. The van der Waals surface area contributed by atoms with Crippen molar-refractivity contribution >= 4 is 11.8 Å². The Morgan fingerprint density at radius 3 is 2.15 bits per heavy atom. The topological polar surface area (TPSA) is 49.4 Å². The Bertz CT molecular complexity index is 802. The molecule has 0 saturated heterocycles. The van der Waals surface area contributed by atoms with Gasteiger partial charge in [-0.3, -0.25) is 15.0 Å². The zero-order valence-electron chi connectivity index (χ0n) is 16.5. The number of carbonyl (C=O) groups is 2. The van der Waals surface area contributed by atoms with Gasteiger partial charge in [-0.1, -0.05) is 31.2 Å². The molecule has 0 aromatic heterocycles. The second-order valence-electron chi connectivity index (χ2n) is 7.55. The van der Waals surface area contributed by atoms with E-state index in [1.54, 1.807) is 18.2 Å². The van der Waals surface area contributed by atoms with Gasteiger partial charge in [-0.25, -0.2) is 5.01 Å². The third-order valence-electron chi connectivity index (χ3n) is 4.55. The Morgan fingerprint density at radius 2 is 1.62 bits per heavy atom. The van der Waals surface area contributed by atoms with Gasteiger partial charge in [0.15, 0.2) is 0 Å². The third-order valence-corrected chi connectivity index (χ3v) is 4.55. The second kappa shape index (κ2) is 7.73. The van der Waals surface area contributed by atoms with Gasteiger partial charge in [0.05, 0.1) is 5.54 Å². The first-order chi connectivity index (χ1) is 12.1. The van der Waals surface area contributed by atoms with Gasteiger partial charge in [-0.15, -0.1) is 0 Å². The summed E-state index contributed by atoms with van der Waals surface area (Å²) in [7, 11) is 0. The van der Waals surface area contributed by atoms with Gasteiger partial charge in [0.2, 0.25) is 0 Å². The molecule has 0 atom stereocenters. The molecule has 0 bridgehead atoms. The molecule has 4 heteroatoms. The van der Waals surface area contributed by atoms with Crippen molar-refractivity contribution in [2.45, 2.75) is 53.5 Å². The normalized spacial score (nSPS) is 11.2. The van der Waals surface area contributed by atoms with Crippen LogP contribution in [0.15, 0.2) is 42.5 Å². The molecule has 0 saturated carbocycles. The number of aryl methyl sites for hydroxylation is 2. The van der Waals surface area contributed by atoms with Crippen molar-refractivity contribution in [1.29, 1.82) is 0 Å². The van der Waals surface area contributed by atoms with E-state index in [4.69, 9.17) is 0 Å². The molecule has 0 aliphatic carbocycles. The summed E-state index contributed by atoms with van der Waals surface area (Å²) in [6.45, 7) is 11.7. The number of amides is 2. The fraction of sp³-hybridized carbons (Fsp3) is 0.364. The van der Waals surface area contributed by atoms with E-state index in [2.05, 4.69) is 12.3 Å². The second-order valence-corrected chi connectivity index (χ2v) is 7.55. The van der Waals surface area contributed by atoms with Crippen LogP contribution in [0.1, 0.15) is 65.1 Å². The van der Waals surface area contributed by atoms with Crippen LogP contribution >= 0.6 is 0 Å². The van der Waals surface area contributed by atoms with Crippen molar-refractivity contribution in [3.63, 3.8) is 0 Å². The summed E-state index contributed by atoms with van der Waals surface area (Å²) >= 11 is 0. The first-order valence-corrected chi connectivity index (χ1v) is 8.96. The molecule has 1 N–H and O–H groups in total. The summed E-state index contributed by atoms with van der Waals surface area (Å²) in [5.74, 6) is -0.501. The van der Waals surface area contributed by atoms with Crippen LogP contribution in [0.25, 0.3) is 0 Å². The molecule has 138 valence electrons. The van der Waals surface area contributed by atoms with Crippen molar-refractivity contribution in [3.8, 4) is 0 Å². The molecule has 0 aliphatic rings. The fourth-order valence-corrected chi connectivity index (χ4v) is 2.68. The monoisotopic (exact) mass is 352 g/mol. The first-order valence-electron chi connectivity index (χ1n) is 8.96. The Morgan fingerprint density at radius 1 is 1.00 bits per heavy atom. The van der Waals surface area contributed by atoms with Crippen LogP contribution < -0.4 is 5.43 Å². The van der Waals surface area contributed by atoms with Crippen LogP contribution in [-0.4, -0.2) is 22.4 Å². The quantitative estimate of drug-likeness (QED) is 0.830. The molecular formula is C22H28N2O2. The van der Waals surface area contributed by atoms with E-state index in [9.17, 15) is 9.59 Å². The molecule has 2 aromatic carbocycles. The number of hydrogen-bond acceptors (Lipinski definition) is 2. The predicted octanol–water partition coefficient (Wildman–Crippen LogP) is 4.45. The van der Waals surface area contributed by atoms with Crippen LogP contribution in [0.5, 0.6) is 0 Å². The largest absolute Gasteiger partial charge is 0.273 e. The molecular weight excluding hydrogens is 324 g/mol. The minimum absolute atomic E-state index is 0.211. The third kappa shape index (κ3) is 4.31. The van der Waals surface area contributed by atoms with Crippen LogP contribution in [0, 0.1) is 13.8 Å². The van der Waals surface area contributed by atoms with Crippen molar-refractivity contribution in [3.05, 3.63) is 70.3 Å². The molecule has 4 nitrogen and oxygen atoms in total. The fourth-order valence-electron chi connectivity index (χ4n) is 2.68. The van der Waals surface area contributed by atoms with Gasteiger partial charge >= 0.3 is 0 Å². The lowest BCUT2D eigenvalue weighted by Crippen LogP contribution is -2.56. The van der Waals surface area contributed by atoms with Crippen molar-refractivity contribution in [2.24, 2.45) is 0 Å². The lowest BCUT2D eigenvalue weighted by atomic mass is 10.0. The zero-order valence-corrected chi connectivity index (χ0v) is 16.5. The number of benzene rings is 2. The molecule has 0 aliphatic heterocycles. The van der Waals surface area contributed by atoms with E-state index in [0.717, 1.165) is 17.5 Å². The van der Waals surface area contributed by atoms with Crippen molar-refractivity contribution in [2.75, 3.05) is 0 Å². The molecule has 0 spiro atoms. The number of nitrogens with one attached hydrogen (secondary N) is 1. The van der Waals surface area contributed by atoms with Crippen LogP contribution in [-0.2, 0) is 6.42 Å². The van der Waals surface area contributed by atoms with Crippen LogP contribution in [0.2, 0.25) is 0 Å². The number of hydrazine groups is 1. The average Bonchev–Trinajstić information content (AvgIpc) is 2.60. The number of nitrogens with zero attached hydrogens (tertiary/aromatic N) is 1. The zero-order chi connectivity index (χ0) is 19.5. The summed E-state index contributed by atoms with van der Waals surface area (Å²) in [6, 6.07) is 13.1. The predicted molar refractivity (Wildman–Crippen MR) is 105 cm³/mol. The Labute approximate surface area is 156 Å². The maximum absolute atomic E-state index is 13.1. The van der Waals surface area contributed by atoms with E-state index in [1.807, 2.05) is 58.9 Å². The lowest BCUT2D eigenvalue weighted by molar-refractivity contribution is 0.0358. The van der Waals surface area contributed by atoms with Crippen molar-refractivity contribution in [1.82, 2.24) is 10.4 Å². The van der Waals surface area contributed by atoms with E-state index in [-0.39, 0.29) is 11.8 Å². The minimum Gasteiger partial charge on any atom is -0.267 e. The van der Waals surface area contributed by atoms with E-state index < -0.39 is 5.54 Å². The highest BCUT2D eigenvalue weighted by atomic mass is 16.2. The van der Waals surface area contributed by atoms with E-state index in [1.165, 1.54) is 10.6 Å². The standard InChI is InChI=1S/C22H28N2O2/c1-7-17-11-13-18(14-12-17)20(25)23-24(22(4,5)6)21(26)19-10-8-9-15(2)16(19)3/h8-14H,7H2,1-6H3,(H,23,25). The number of carbonyl (C=O) groups excluding carboxylic acids is 2. The number of hydrogen-bond donors (Lipinski definition) is 1. The van der Waals surface area contributed by atoms with Gasteiger partial charge in [0.25, 0.3) is 11.8 Å². The SMILES string of the molecule is CCc1ccc(C(=O)NN(C(=O)c2cccc(C)c2C)C(C)(C)C)cc1. The molecule has 26 heavy (non-hydrogen) atoms. The smallest absolute Gasteiger partial charge is 0.267 e. The maximum Gasteiger partial charge on any atom is 0.273 e.